The van der Waals surface area contributed by atoms with E-state index in [0.29, 0.717) is 0 Å². The molecule has 1 aliphatic heterocycles. The van der Waals surface area contributed by atoms with E-state index < -0.39 is 0 Å². The smallest absolute Gasteiger partial charge is 0.125 e. The predicted molar refractivity (Wildman–Crippen MR) is 63.3 cm³/mol. The molecule has 0 amide bonds. The second-order valence-electron chi connectivity index (χ2n) is 4.29. The first-order valence-electron chi connectivity index (χ1n) is 5.95. The Labute approximate surface area is 95.7 Å². The summed E-state index contributed by atoms with van der Waals surface area (Å²) in [5, 5.41) is 8.85. The Bertz CT molecular complexity index is 348. The Morgan fingerprint density at radius 3 is 2.69 bits per heavy atom. The summed E-state index contributed by atoms with van der Waals surface area (Å²) in [6, 6.07) is 4.98. The molecule has 2 rings (SSSR count). The molecule has 0 unspecified atom stereocenters. The number of halogens is 1. The monoisotopic (exact) mass is 223 g/mol. The number of nitrogens with zero attached hydrogens (tertiary/aromatic N) is 1. The minimum absolute atomic E-state index is 0.172. The molecule has 1 N–H and O–H groups in total. The summed E-state index contributed by atoms with van der Waals surface area (Å²) in [7, 11) is 0. The van der Waals surface area contributed by atoms with Gasteiger partial charge in [0, 0.05) is 25.4 Å². The van der Waals surface area contributed by atoms with E-state index in [2.05, 4.69) is 4.90 Å². The Morgan fingerprint density at radius 2 is 2.00 bits per heavy atom. The molecular weight excluding hydrogens is 205 g/mol. The van der Waals surface area contributed by atoms with E-state index in [1.54, 1.807) is 6.07 Å². The van der Waals surface area contributed by atoms with Crippen LogP contribution in [0.4, 0.5) is 10.1 Å². The van der Waals surface area contributed by atoms with E-state index in [4.69, 9.17) is 5.11 Å². The average molecular weight is 223 g/mol. The molecule has 0 saturated carbocycles. The molecule has 0 aliphatic carbocycles. The second kappa shape index (κ2) is 5.30. The van der Waals surface area contributed by atoms with Gasteiger partial charge in [-0.3, -0.25) is 0 Å². The van der Waals surface area contributed by atoms with Crippen molar-refractivity contribution in [1.29, 1.82) is 0 Å². The molecule has 1 fully saturated rings. The predicted octanol–water partition coefficient (Wildman–Crippen LogP) is 2.35. The average Bonchev–Trinajstić information content (AvgIpc) is 2.80. The van der Waals surface area contributed by atoms with E-state index in [1.807, 2.05) is 6.07 Å². The summed E-state index contributed by atoms with van der Waals surface area (Å²) in [6.45, 7) is 2.24. The number of aliphatic hydroxyl groups is 1. The van der Waals surface area contributed by atoms with Crippen LogP contribution in [0.5, 0.6) is 0 Å². The molecule has 0 spiro atoms. The molecule has 0 radical (unpaired) electrons. The zero-order valence-corrected chi connectivity index (χ0v) is 9.45. The van der Waals surface area contributed by atoms with E-state index in [0.717, 1.165) is 37.2 Å². The van der Waals surface area contributed by atoms with Crippen LogP contribution in [-0.4, -0.2) is 24.8 Å². The third kappa shape index (κ3) is 2.53. The Morgan fingerprint density at radius 1 is 1.25 bits per heavy atom. The highest BCUT2D eigenvalue weighted by Crippen LogP contribution is 2.26. The van der Waals surface area contributed by atoms with Crippen molar-refractivity contribution >= 4 is 5.69 Å². The molecule has 16 heavy (non-hydrogen) atoms. The van der Waals surface area contributed by atoms with Crippen LogP contribution in [0.3, 0.4) is 0 Å². The summed E-state index contributed by atoms with van der Waals surface area (Å²) in [4.78, 5) is 2.25. The number of hydrogen-bond donors (Lipinski definition) is 1. The van der Waals surface area contributed by atoms with Crippen molar-refractivity contribution in [3.8, 4) is 0 Å². The molecule has 1 aliphatic rings. The van der Waals surface area contributed by atoms with E-state index in [9.17, 15) is 4.39 Å². The number of hydrogen-bond acceptors (Lipinski definition) is 2. The van der Waals surface area contributed by atoms with Gasteiger partial charge in [-0.25, -0.2) is 4.39 Å². The maximum atomic E-state index is 13.2. The van der Waals surface area contributed by atoms with Crippen molar-refractivity contribution in [3.05, 3.63) is 29.6 Å². The summed E-state index contributed by atoms with van der Waals surface area (Å²) < 4.78 is 13.2. The van der Waals surface area contributed by atoms with E-state index in [1.165, 1.54) is 18.9 Å². The Balaban J connectivity index is 2.21. The normalized spacial score (nSPS) is 15.8. The van der Waals surface area contributed by atoms with Gasteiger partial charge in [-0.05, 0) is 43.4 Å². The number of anilines is 1. The summed E-state index contributed by atoms with van der Waals surface area (Å²) in [5.74, 6) is -0.172. The van der Waals surface area contributed by atoms with Gasteiger partial charge >= 0.3 is 0 Å². The van der Waals surface area contributed by atoms with Crippen LogP contribution < -0.4 is 4.90 Å². The zero-order chi connectivity index (χ0) is 11.4. The molecule has 1 aromatic carbocycles. The first-order valence-corrected chi connectivity index (χ1v) is 5.95. The molecule has 3 heteroatoms. The summed E-state index contributed by atoms with van der Waals surface area (Å²) in [6.07, 6.45) is 3.95. The topological polar surface area (TPSA) is 23.5 Å². The van der Waals surface area contributed by atoms with Crippen molar-refractivity contribution in [3.63, 3.8) is 0 Å². The Kier molecular flexibility index (Phi) is 3.78. The van der Waals surface area contributed by atoms with Gasteiger partial charge < -0.3 is 10.0 Å². The lowest BCUT2D eigenvalue weighted by Crippen LogP contribution is -2.19. The van der Waals surface area contributed by atoms with Crippen molar-refractivity contribution in [2.45, 2.75) is 25.7 Å². The summed E-state index contributed by atoms with van der Waals surface area (Å²) >= 11 is 0. The third-order valence-corrected chi connectivity index (χ3v) is 3.10. The molecule has 1 saturated heterocycles. The van der Waals surface area contributed by atoms with Gasteiger partial charge in [-0.1, -0.05) is 6.07 Å². The van der Waals surface area contributed by atoms with Gasteiger partial charge in [0.25, 0.3) is 0 Å². The highest BCUT2D eigenvalue weighted by Gasteiger charge is 2.16. The first kappa shape index (κ1) is 11.4. The highest BCUT2D eigenvalue weighted by molar-refractivity contribution is 5.54. The standard InChI is InChI=1S/C13H18FNO/c14-12-6-5-11(4-3-9-16)13(10-12)15-7-1-2-8-15/h5-6,10,16H,1-4,7-9H2. The lowest BCUT2D eigenvalue weighted by Gasteiger charge is -2.21. The fourth-order valence-electron chi connectivity index (χ4n) is 2.27. The first-order chi connectivity index (χ1) is 7.81. The van der Waals surface area contributed by atoms with Crippen LogP contribution in [-0.2, 0) is 6.42 Å². The maximum Gasteiger partial charge on any atom is 0.125 e. The minimum atomic E-state index is -0.172. The molecule has 88 valence electrons. The Hall–Kier alpha value is -1.09. The summed E-state index contributed by atoms with van der Waals surface area (Å²) in [5.41, 5.74) is 2.17. The van der Waals surface area contributed by atoms with Crippen molar-refractivity contribution < 1.29 is 9.50 Å². The quantitative estimate of drug-likeness (QED) is 0.847. The molecule has 1 heterocycles. The molecule has 0 aromatic heterocycles. The van der Waals surface area contributed by atoms with Crippen molar-refractivity contribution in [2.75, 3.05) is 24.6 Å². The van der Waals surface area contributed by atoms with Crippen LogP contribution in [0.1, 0.15) is 24.8 Å². The second-order valence-corrected chi connectivity index (χ2v) is 4.29. The van der Waals surface area contributed by atoms with Crippen LogP contribution in [0.25, 0.3) is 0 Å². The van der Waals surface area contributed by atoms with Gasteiger partial charge in [0.05, 0.1) is 0 Å². The largest absolute Gasteiger partial charge is 0.396 e. The minimum Gasteiger partial charge on any atom is -0.396 e. The van der Waals surface area contributed by atoms with Gasteiger partial charge in [0.15, 0.2) is 0 Å². The third-order valence-electron chi connectivity index (χ3n) is 3.10. The van der Waals surface area contributed by atoms with Gasteiger partial charge in [0.1, 0.15) is 5.82 Å². The van der Waals surface area contributed by atoms with Gasteiger partial charge in [-0.15, -0.1) is 0 Å². The highest BCUT2D eigenvalue weighted by atomic mass is 19.1. The fourth-order valence-corrected chi connectivity index (χ4v) is 2.27. The number of aryl methyl sites for hydroxylation is 1. The molecule has 1 aromatic rings. The van der Waals surface area contributed by atoms with Crippen molar-refractivity contribution in [2.24, 2.45) is 0 Å². The fraction of sp³-hybridized carbons (Fsp3) is 0.538. The SMILES string of the molecule is OCCCc1ccc(F)cc1N1CCCC1. The van der Waals surface area contributed by atoms with Crippen molar-refractivity contribution in [1.82, 2.24) is 0 Å². The van der Waals surface area contributed by atoms with E-state index >= 15 is 0 Å². The molecule has 0 atom stereocenters. The number of benzene rings is 1. The van der Waals surface area contributed by atoms with Gasteiger partial charge in [0.2, 0.25) is 0 Å². The van der Waals surface area contributed by atoms with Crippen LogP contribution in [0.2, 0.25) is 0 Å². The number of rotatable bonds is 4. The van der Waals surface area contributed by atoms with Crippen LogP contribution in [0.15, 0.2) is 18.2 Å². The lowest BCUT2D eigenvalue weighted by molar-refractivity contribution is 0.288. The van der Waals surface area contributed by atoms with E-state index in [-0.39, 0.29) is 12.4 Å². The zero-order valence-electron chi connectivity index (χ0n) is 9.45. The molecule has 0 bridgehead atoms. The molecular formula is C13H18FNO. The maximum absolute atomic E-state index is 13.2. The number of aliphatic hydroxyl groups excluding tert-OH is 1. The molecule has 2 nitrogen and oxygen atoms in total. The lowest BCUT2D eigenvalue weighted by atomic mass is 10.1. The van der Waals surface area contributed by atoms with Gasteiger partial charge in [-0.2, -0.15) is 0 Å². The van der Waals surface area contributed by atoms with Crippen LogP contribution in [0, 0.1) is 5.82 Å². The van der Waals surface area contributed by atoms with Crippen LogP contribution >= 0.6 is 0 Å².